The summed E-state index contributed by atoms with van der Waals surface area (Å²) in [5.74, 6) is 0. The minimum atomic E-state index is -2.75. The summed E-state index contributed by atoms with van der Waals surface area (Å²) < 4.78 is 74.2. The van der Waals surface area contributed by atoms with Crippen molar-refractivity contribution in [3.05, 3.63) is 235 Å². The molecule has 0 aliphatic rings. The van der Waals surface area contributed by atoms with Gasteiger partial charge in [-0.05, 0) is 116 Å². The molecule has 0 spiro atoms. The molecule has 0 amide bonds. The normalized spacial score (nSPS) is 14.1. The lowest BCUT2D eigenvalue weighted by molar-refractivity contribution is 0.923. The van der Waals surface area contributed by atoms with Crippen LogP contribution in [0.5, 0.6) is 0 Å². The fourth-order valence-electron chi connectivity index (χ4n) is 7.06. The maximum absolute atomic E-state index is 9.41. The van der Waals surface area contributed by atoms with Gasteiger partial charge in [0.25, 0.3) is 0 Å². The molecule has 0 saturated carbocycles. The van der Waals surface area contributed by atoms with Gasteiger partial charge in [0.2, 0.25) is 0 Å². The minimum Gasteiger partial charge on any atom is -0.264 e. The van der Waals surface area contributed by atoms with Crippen molar-refractivity contribution in [3.63, 3.8) is 0 Å². The Hall–Kier alpha value is -7.23. The van der Waals surface area contributed by atoms with Gasteiger partial charge in [0.05, 0.1) is 5.69 Å². The molecule has 0 atom stereocenters. The second-order valence-electron chi connectivity index (χ2n) is 13.8. The topological polar surface area (TPSA) is 38.7 Å². The van der Waals surface area contributed by atoms with E-state index in [0.29, 0.717) is 16.7 Å². The first kappa shape index (κ1) is 28.2. The van der Waals surface area contributed by atoms with Crippen LogP contribution in [0.1, 0.15) is 33.2 Å². The third-order valence-corrected chi connectivity index (χ3v) is 9.98. The zero-order valence-electron chi connectivity index (χ0n) is 39.5. The van der Waals surface area contributed by atoms with Gasteiger partial charge in [-0.3, -0.25) is 15.0 Å². The van der Waals surface area contributed by atoms with Crippen molar-refractivity contribution in [1.29, 1.82) is 0 Å². The molecule has 3 heterocycles. The molecule has 0 bridgehead atoms. The van der Waals surface area contributed by atoms with E-state index in [1.807, 2.05) is 79.0 Å². The van der Waals surface area contributed by atoms with Crippen molar-refractivity contribution in [2.75, 3.05) is 0 Å². The zero-order valence-corrected chi connectivity index (χ0v) is 31.5. The molecule has 3 nitrogen and oxygen atoms in total. The smallest absolute Gasteiger partial charge is 0.0708 e. The number of aryl methyl sites for hydroxylation is 4. The SMILES string of the molecule is [2H]C([2H])(c1cccnc1)C([2H])([2H])c1cc(-c2ccccc2-c2cnc(-c3ccccc3)cc2-c2ccc(-c3ccc(-c4ccccc4)cc3)cc2)cc(C([2H])([2H])C([2H])([2H])c2cccnc2)c1. The van der Waals surface area contributed by atoms with Crippen molar-refractivity contribution in [2.24, 2.45) is 0 Å². The highest BCUT2D eigenvalue weighted by Crippen LogP contribution is 2.40. The first-order valence-electron chi connectivity index (χ1n) is 23.1. The molecule has 9 aromatic rings. The van der Waals surface area contributed by atoms with Crippen LogP contribution >= 0.6 is 0 Å². The van der Waals surface area contributed by atoms with Crippen LogP contribution in [0.4, 0.5) is 0 Å². The Morgan fingerprint density at radius 1 is 0.310 bits per heavy atom. The molecule has 3 aromatic heterocycles. The van der Waals surface area contributed by atoms with Crippen LogP contribution in [0.25, 0.3) is 66.9 Å². The molecule has 0 unspecified atom stereocenters. The molecule has 9 rings (SSSR count). The number of hydrogen-bond donors (Lipinski definition) is 0. The quantitative estimate of drug-likeness (QED) is 0.125. The molecule has 0 N–H and O–H groups in total. The van der Waals surface area contributed by atoms with Gasteiger partial charge >= 0.3 is 0 Å². The molecule has 278 valence electrons. The van der Waals surface area contributed by atoms with Gasteiger partial charge < -0.3 is 0 Å². The monoisotopic (exact) mass is 753 g/mol. The summed E-state index contributed by atoms with van der Waals surface area (Å²) in [7, 11) is 0. The maximum Gasteiger partial charge on any atom is 0.0708 e. The predicted octanol–water partition coefficient (Wildman–Crippen LogP) is 13.4. The molecule has 0 fully saturated rings. The Labute approximate surface area is 352 Å². The number of pyridine rings is 3. The summed E-state index contributed by atoms with van der Waals surface area (Å²) in [5, 5.41) is 0. The fourth-order valence-corrected chi connectivity index (χ4v) is 7.06. The Morgan fingerprint density at radius 3 is 1.31 bits per heavy atom. The summed E-state index contributed by atoms with van der Waals surface area (Å²) in [6, 6.07) is 56.9. The molecule has 0 aliphatic carbocycles. The lowest BCUT2D eigenvalue weighted by Gasteiger charge is -2.18. The van der Waals surface area contributed by atoms with E-state index in [-0.39, 0.29) is 22.3 Å². The molecular formula is C55H43N3. The van der Waals surface area contributed by atoms with Crippen LogP contribution in [0.2, 0.25) is 0 Å². The zero-order chi connectivity index (χ0) is 46.1. The molecular weight excluding hydrogens is 703 g/mol. The number of hydrogen-bond acceptors (Lipinski definition) is 3. The lowest BCUT2D eigenvalue weighted by Crippen LogP contribution is -1.98. The Kier molecular flexibility index (Phi) is 8.40. The third kappa shape index (κ3) is 8.45. The standard InChI is InChI=1S/C55H43N3/c1-3-13-44(14-4-1)45-23-25-46(26-24-45)47-27-29-48(30-28-47)53-36-55(49-15-5-2-6-16-49)58-39-54(53)52-18-8-7-17-51(52)50-34-42(21-19-40-11-9-31-56-37-40)33-43(35-50)22-20-41-12-10-32-57-38-41/h1-18,23-39H,19-22H2/i19D2,20D2,21D2,22D2. The Morgan fingerprint density at radius 2 is 0.776 bits per heavy atom. The van der Waals surface area contributed by atoms with E-state index < -0.39 is 25.5 Å². The van der Waals surface area contributed by atoms with E-state index in [9.17, 15) is 5.48 Å². The van der Waals surface area contributed by atoms with Gasteiger partial charge in [-0.2, -0.15) is 0 Å². The van der Waals surface area contributed by atoms with Crippen LogP contribution in [0, 0.1) is 0 Å². The van der Waals surface area contributed by atoms with Gasteiger partial charge in [-0.1, -0.05) is 164 Å². The van der Waals surface area contributed by atoms with E-state index in [1.54, 1.807) is 0 Å². The highest BCUT2D eigenvalue weighted by atomic mass is 14.7. The first-order valence-corrected chi connectivity index (χ1v) is 19.1. The number of rotatable bonds is 12. The largest absolute Gasteiger partial charge is 0.264 e. The second kappa shape index (κ2) is 17.3. The van der Waals surface area contributed by atoms with E-state index >= 15 is 0 Å². The highest BCUT2D eigenvalue weighted by molar-refractivity contribution is 5.93. The van der Waals surface area contributed by atoms with Crippen LogP contribution in [-0.2, 0) is 25.5 Å². The van der Waals surface area contributed by atoms with E-state index in [1.165, 1.54) is 67.3 Å². The number of nitrogens with zero attached hydrogens (tertiary/aromatic N) is 3. The van der Waals surface area contributed by atoms with E-state index in [0.717, 1.165) is 50.2 Å². The van der Waals surface area contributed by atoms with Crippen molar-refractivity contribution >= 4 is 0 Å². The lowest BCUT2D eigenvalue weighted by atomic mass is 9.87. The van der Waals surface area contributed by atoms with E-state index in [4.69, 9.17) is 10.5 Å². The van der Waals surface area contributed by atoms with Crippen LogP contribution < -0.4 is 0 Å². The number of benzene rings is 6. The molecule has 0 saturated heterocycles. The maximum atomic E-state index is 9.41. The van der Waals surface area contributed by atoms with Crippen molar-refractivity contribution in [3.8, 4) is 66.9 Å². The van der Waals surface area contributed by atoms with Gasteiger partial charge in [0, 0.05) is 53.1 Å². The fraction of sp³-hybridized carbons (Fsp3) is 0.0727. The Balaban J connectivity index is 1.20. The van der Waals surface area contributed by atoms with Gasteiger partial charge in [0.15, 0.2) is 0 Å². The third-order valence-electron chi connectivity index (χ3n) is 9.98. The summed E-state index contributed by atoms with van der Waals surface area (Å²) in [6.45, 7) is 0. The van der Waals surface area contributed by atoms with Crippen LogP contribution in [-0.4, -0.2) is 15.0 Å². The van der Waals surface area contributed by atoms with Crippen LogP contribution in [0.15, 0.2) is 213 Å². The summed E-state index contributed by atoms with van der Waals surface area (Å²) in [6.07, 6.45) is -3.43. The summed E-state index contributed by atoms with van der Waals surface area (Å²) in [5.41, 5.74) is 9.93. The molecule has 58 heavy (non-hydrogen) atoms. The van der Waals surface area contributed by atoms with Gasteiger partial charge in [-0.15, -0.1) is 0 Å². The molecule has 6 aromatic carbocycles. The highest BCUT2D eigenvalue weighted by Gasteiger charge is 2.17. The molecule has 0 aliphatic heterocycles. The molecule has 0 radical (unpaired) electrons. The van der Waals surface area contributed by atoms with E-state index in [2.05, 4.69) is 76.7 Å². The first-order chi connectivity index (χ1) is 31.8. The minimum absolute atomic E-state index is 0.000456. The average Bonchev–Trinajstić information content (AvgIpc) is 3.37. The van der Waals surface area contributed by atoms with Crippen molar-refractivity contribution < 1.29 is 11.0 Å². The second-order valence-corrected chi connectivity index (χ2v) is 13.8. The number of aromatic nitrogens is 3. The van der Waals surface area contributed by atoms with Gasteiger partial charge in [0.1, 0.15) is 0 Å². The summed E-state index contributed by atoms with van der Waals surface area (Å²) >= 11 is 0. The van der Waals surface area contributed by atoms with Crippen molar-refractivity contribution in [2.45, 2.75) is 25.5 Å². The summed E-state index contributed by atoms with van der Waals surface area (Å²) in [4.78, 5) is 13.1. The molecule has 3 heteroatoms. The Bertz CT molecular complexity index is 3030. The van der Waals surface area contributed by atoms with Crippen LogP contribution in [0.3, 0.4) is 0 Å². The predicted molar refractivity (Wildman–Crippen MR) is 240 cm³/mol. The average molecular weight is 754 g/mol. The van der Waals surface area contributed by atoms with Crippen molar-refractivity contribution in [1.82, 2.24) is 15.0 Å². The van der Waals surface area contributed by atoms with Gasteiger partial charge in [-0.25, -0.2) is 0 Å².